The second kappa shape index (κ2) is 10.3. The maximum absolute atomic E-state index is 13.3. The lowest BCUT2D eigenvalue weighted by Gasteiger charge is -2.23. The minimum atomic E-state index is -0.764. The van der Waals surface area contributed by atoms with Crippen LogP contribution in [0.3, 0.4) is 0 Å². The molecule has 11 heteroatoms. The van der Waals surface area contributed by atoms with Crippen molar-refractivity contribution in [2.45, 2.75) is 20.0 Å². The number of aromatic amines is 1. The van der Waals surface area contributed by atoms with Gasteiger partial charge in [0.05, 0.1) is 25.4 Å². The number of carbonyl (C=O) groups excluding carboxylic acids is 1. The van der Waals surface area contributed by atoms with Crippen LogP contribution < -0.4 is 21.9 Å². The fourth-order valence-corrected chi connectivity index (χ4v) is 3.59. The highest BCUT2D eigenvalue weighted by molar-refractivity contribution is 6.31. The molecule has 0 spiro atoms. The number of methoxy groups -OCH3 is 1. The van der Waals surface area contributed by atoms with E-state index in [1.165, 1.54) is 28.8 Å². The maximum atomic E-state index is 13.3. The van der Waals surface area contributed by atoms with E-state index in [4.69, 9.17) is 22.1 Å². The predicted octanol–water partition coefficient (Wildman–Crippen LogP) is 1.71. The van der Waals surface area contributed by atoms with Gasteiger partial charge in [0, 0.05) is 25.8 Å². The molecule has 3 rings (SSSR count). The molecule has 0 atom stereocenters. The first kappa shape index (κ1) is 24.0. The Bertz CT molecular complexity index is 1290. The summed E-state index contributed by atoms with van der Waals surface area (Å²) in [6.45, 7) is 2.13. The van der Waals surface area contributed by atoms with E-state index in [0.717, 1.165) is 10.1 Å². The van der Waals surface area contributed by atoms with Crippen LogP contribution in [0.4, 0.5) is 11.5 Å². The van der Waals surface area contributed by atoms with E-state index in [2.05, 4.69) is 10.1 Å². The molecule has 10 nitrogen and oxygen atoms in total. The highest BCUT2D eigenvalue weighted by Gasteiger charge is 2.23. The zero-order valence-corrected chi connectivity index (χ0v) is 19.3. The molecule has 3 aromatic rings. The molecular formula is C22H25ClN6O4. The molecule has 0 aliphatic carbocycles. The first-order valence-corrected chi connectivity index (χ1v) is 10.5. The first-order valence-electron chi connectivity index (χ1n) is 10.1. The molecule has 0 aliphatic rings. The predicted molar refractivity (Wildman–Crippen MR) is 127 cm³/mol. The molecule has 33 heavy (non-hydrogen) atoms. The number of nitrogens with zero attached hydrogens (tertiary/aromatic N) is 4. The molecule has 0 bridgehead atoms. The summed E-state index contributed by atoms with van der Waals surface area (Å²) in [6, 6.07) is 9.11. The molecule has 2 heterocycles. The van der Waals surface area contributed by atoms with Crippen LogP contribution >= 0.6 is 11.6 Å². The van der Waals surface area contributed by atoms with Gasteiger partial charge in [-0.1, -0.05) is 41.9 Å². The molecule has 0 aliphatic heterocycles. The van der Waals surface area contributed by atoms with Gasteiger partial charge in [-0.15, -0.1) is 0 Å². The van der Waals surface area contributed by atoms with Crippen LogP contribution in [0.15, 0.2) is 46.0 Å². The van der Waals surface area contributed by atoms with Crippen LogP contribution in [-0.2, 0) is 29.7 Å². The number of H-pyrrole nitrogens is 1. The zero-order chi connectivity index (χ0) is 24.1. The summed E-state index contributed by atoms with van der Waals surface area (Å²) in [6.07, 6.45) is 2.83. The van der Waals surface area contributed by atoms with Gasteiger partial charge in [0.15, 0.2) is 5.69 Å². The van der Waals surface area contributed by atoms with Crippen molar-refractivity contribution in [2.75, 3.05) is 24.4 Å². The number of ether oxygens (including phenoxy) is 1. The lowest BCUT2D eigenvalue weighted by Crippen LogP contribution is -2.40. The molecule has 174 valence electrons. The third-order valence-electron chi connectivity index (χ3n) is 5.04. The van der Waals surface area contributed by atoms with Crippen LogP contribution in [0.5, 0.6) is 0 Å². The number of nitrogen functional groups attached to an aromatic ring is 1. The molecule has 1 aromatic carbocycles. The van der Waals surface area contributed by atoms with Gasteiger partial charge >= 0.3 is 5.69 Å². The van der Waals surface area contributed by atoms with Crippen LogP contribution in [0, 0.1) is 6.92 Å². The SMILES string of the molecule is COCCn1c(N)c(N(Cc2ccccc2)C(=O)/C=C/c2c(C)nn(C)c2Cl)c(=O)[nH]c1=O. The van der Waals surface area contributed by atoms with Crippen molar-refractivity contribution in [3.63, 3.8) is 0 Å². The molecule has 0 unspecified atom stereocenters. The molecule has 0 fully saturated rings. The lowest BCUT2D eigenvalue weighted by atomic mass is 10.2. The van der Waals surface area contributed by atoms with Crippen molar-refractivity contribution in [1.82, 2.24) is 19.3 Å². The van der Waals surface area contributed by atoms with E-state index in [9.17, 15) is 14.4 Å². The van der Waals surface area contributed by atoms with Crippen molar-refractivity contribution < 1.29 is 9.53 Å². The summed E-state index contributed by atoms with van der Waals surface area (Å²) in [7, 11) is 3.18. The van der Waals surface area contributed by atoms with E-state index in [0.29, 0.717) is 16.4 Å². The van der Waals surface area contributed by atoms with Crippen LogP contribution in [0.2, 0.25) is 5.15 Å². The number of nitrogens with one attached hydrogen (secondary N) is 1. The van der Waals surface area contributed by atoms with E-state index < -0.39 is 17.2 Å². The van der Waals surface area contributed by atoms with Gasteiger partial charge in [-0.05, 0) is 18.6 Å². The van der Waals surface area contributed by atoms with E-state index >= 15 is 0 Å². The Hall–Kier alpha value is -3.63. The van der Waals surface area contributed by atoms with Gasteiger partial charge < -0.3 is 10.5 Å². The second-order valence-electron chi connectivity index (χ2n) is 7.29. The number of hydrogen-bond donors (Lipinski definition) is 2. The number of halogens is 1. The van der Waals surface area contributed by atoms with Crippen LogP contribution in [0.1, 0.15) is 16.8 Å². The number of rotatable bonds is 8. The number of aromatic nitrogens is 4. The molecule has 0 saturated heterocycles. The normalized spacial score (nSPS) is 11.3. The van der Waals surface area contributed by atoms with Gasteiger partial charge in [-0.3, -0.25) is 28.7 Å². The van der Waals surface area contributed by atoms with Gasteiger partial charge in [-0.25, -0.2) is 4.79 Å². The van der Waals surface area contributed by atoms with Gasteiger partial charge in [-0.2, -0.15) is 5.10 Å². The van der Waals surface area contributed by atoms with Crippen molar-refractivity contribution >= 4 is 35.1 Å². The smallest absolute Gasteiger partial charge is 0.330 e. The standard InChI is InChI=1S/C22H25ClN6O4/c1-14-16(19(23)27(2)26-14)9-10-17(30)29(13-15-7-5-4-6-8-15)18-20(24)28(11-12-33-3)22(32)25-21(18)31/h4-10H,11-13,24H2,1-3H3,(H,25,31,32)/b10-9+. The quantitative estimate of drug-likeness (QED) is 0.480. The van der Waals surface area contributed by atoms with Crippen molar-refractivity contribution in [1.29, 1.82) is 0 Å². The van der Waals surface area contributed by atoms with Crippen molar-refractivity contribution in [2.24, 2.45) is 7.05 Å². The fourth-order valence-electron chi connectivity index (χ4n) is 3.36. The van der Waals surface area contributed by atoms with Gasteiger partial charge in [0.1, 0.15) is 11.0 Å². The largest absolute Gasteiger partial charge is 0.383 e. The van der Waals surface area contributed by atoms with Gasteiger partial charge in [0.2, 0.25) is 0 Å². The Kier molecular flexibility index (Phi) is 7.52. The number of benzene rings is 1. The van der Waals surface area contributed by atoms with E-state index in [1.54, 1.807) is 14.0 Å². The number of amides is 1. The summed E-state index contributed by atoms with van der Waals surface area (Å²) < 4.78 is 7.68. The van der Waals surface area contributed by atoms with Gasteiger partial charge in [0.25, 0.3) is 11.5 Å². The highest BCUT2D eigenvalue weighted by Crippen LogP contribution is 2.23. The third kappa shape index (κ3) is 5.24. The van der Waals surface area contributed by atoms with E-state index in [1.807, 2.05) is 30.3 Å². The van der Waals surface area contributed by atoms with Crippen LogP contribution in [-0.4, -0.2) is 39.0 Å². The summed E-state index contributed by atoms with van der Waals surface area (Å²) in [5.74, 6) is -0.651. The molecule has 1 amide bonds. The molecular weight excluding hydrogens is 448 g/mol. The minimum Gasteiger partial charge on any atom is -0.383 e. The monoisotopic (exact) mass is 472 g/mol. The average Bonchev–Trinajstić information content (AvgIpc) is 3.02. The van der Waals surface area contributed by atoms with Crippen molar-refractivity contribution in [3.8, 4) is 0 Å². The Morgan fingerprint density at radius 3 is 2.61 bits per heavy atom. The van der Waals surface area contributed by atoms with Crippen LogP contribution in [0.25, 0.3) is 6.08 Å². The number of nitrogens with two attached hydrogens (primary N) is 1. The molecule has 3 N–H and O–H groups in total. The summed E-state index contributed by atoms with van der Waals surface area (Å²) >= 11 is 6.26. The number of anilines is 2. The fraction of sp³-hybridized carbons (Fsp3) is 0.273. The summed E-state index contributed by atoms with van der Waals surface area (Å²) in [5, 5.41) is 4.59. The molecule has 0 radical (unpaired) electrons. The topological polar surface area (TPSA) is 128 Å². The second-order valence-corrected chi connectivity index (χ2v) is 7.65. The zero-order valence-electron chi connectivity index (χ0n) is 18.5. The Balaban J connectivity index is 2.09. The number of hydrogen-bond acceptors (Lipinski definition) is 6. The summed E-state index contributed by atoms with van der Waals surface area (Å²) in [5.41, 5.74) is 6.63. The molecule has 2 aromatic heterocycles. The third-order valence-corrected chi connectivity index (χ3v) is 5.49. The summed E-state index contributed by atoms with van der Waals surface area (Å²) in [4.78, 5) is 41.8. The van der Waals surface area contributed by atoms with E-state index in [-0.39, 0.29) is 31.2 Å². The Morgan fingerprint density at radius 2 is 2.00 bits per heavy atom. The van der Waals surface area contributed by atoms with Crippen molar-refractivity contribution in [3.05, 3.63) is 79.2 Å². The molecule has 0 saturated carbocycles. The number of carbonyl (C=O) groups is 1. The lowest BCUT2D eigenvalue weighted by molar-refractivity contribution is -0.114. The Morgan fingerprint density at radius 1 is 1.30 bits per heavy atom. The minimum absolute atomic E-state index is 0.0551. The number of aryl methyl sites for hydroxylation is 2. The maximum Gasteiger partial charge on any atom is 0.330 e. The average molecular weight is 473 g/mol. The highest BCUT2D eigenvalue weighted by atomic mass is 35.5. The Labute approximate surface area is 194 Å². The first-order chi connectivity index (χ1) is 15.7.